The van der Waals surface area contributed by atoms with Crippen LogP contribution < -0.4 is 16.4 Å². The van der Waals surface area contributed by atoms with Crippen molar-refractivity contribution < 1.29 is 24.0 Å². The molecule has 1 atom stereocenters. The van der Waals surface area contributed by atoms with Gasteiger partial charge in [0.25, 0.3) is 11.8 Å². The second-order valence-electron chi connectivity index (χ2n) is 8.03. The zero-order valence-electron chi connectivity index (χ0n) is 18.1. The molecule has 4 N–H and O–H groups in total. The molecule has 1 fully saturated rings. The number of carbonyl (C=O) groups excluding carboxylic acids is 5. The number of nitrogens with zero attached hydrogens (tertiary/aromatic N) is 5. The number of amides is 5. The second-order valence-corrected chi connectivity index (χ2v) is 8.03. The number of imide groups is 2. The van der Waals surface area contributed by atoms with Crippen LogP contribution in [0.3, 0.4) is 0 Å². The number of anilines is 2. The molecule has 1 unspecified atom stereocenters. The number of rotatable bonds is 5. The number of nitrogens with two attached hydrogens (primary N) is 1. The van der Waals surface area contributed by atoms with Crippen LogP contribution in [0.4, 0.5) is 11.4 Å². The highest BCUT2D eigenvalue weighted by atomic mass is 16.2. The van der Waals surface area contributed by atoms with E-state index >= 15 is 0 Å². The van der Waals surface area contributed by atoms with Gasteiger partial charge in [0.05, 0.1) is 28.7 Å². The summed E-state index contributed by atoms with van der Waals surface area (Å²) in [5.74, 6) is -3.06. The summed E-state index contributed by atoms with van der Waals surface area (Å²) >= 11 is 0. The van der Waals surface area contributed by atoms with Gasteiger partial charge in [-0.15, -0.1) is 5.10 Å². The molecular formula is C22H18N8O5. The largest absolute Gasteiger partial charge is 0.397 e. The third-order valence-corrected chi connectivity index (χ3v) is 5.64. The Balaban J connectivity index is 1.33. The number of hydrogen-bond donors (Lipinski definition) is 3. The first-order chi connectivity index (χ1) is 16.8. The van der Waals surface area contributed by atoms with Gasteiger partial charge in [-0.2, -0.15) is 0 Å². The van der Waals surface area contributed by atoms with E-state index in [0.29, 0.717) is 16.9 Å². The molecule has 0 saturated carbocycles. The SMILES string of the molecule is Nc1cncc(-c2cn(CC(=O)Nc3cccc4c3C(=O)N(C3CCC(=O)NC3=O)C4=O)nn2)c1. The van der Waals surface area contributed by atoms with Gasteiger partial charge in [-0.25, -0.2) is 4.68 Å². The van der Waals surface area contributed by atoms with Gasteiger partial charge < -0.3 is 11.1 Å². The van der Waals surface area contributed by atoms with E-state index in [0.717, 1.165) is 4.90 Å². The maximum absolute atomic E-state index is 13.1. The third-order valence-electron chi connectivity index (χ3n) is 5.64. The molecular weight excluding hydrogens is 456 g/mol. The Morgan fingerprint density at radius 3 is 2.77 bits per heavy atom. The Labute approximate surface area is 197 Å². The van der Waals surface area contributed by atoms with Crippen molar-refractivity contribution in [1.82, 2.24) is 30.2 Å². The molecule has 176 valence electrons. The zero-order chi connectivity index (χ0) is 24.7. The molecule has 2 aliphatic heterocycles. The lowest BCUT2D eigenvalue weighted by atomic mass is 10.0. The van der Waals surface area contributed by atoms with E-state index in [9.17, 15) is 24.0 Å². The number of fused-ring (bicyclic) bond motifs is 1. The third kappa shape index (κ3) is 3.99. The van der Waals surface area contributed by atoms with Crippen molar-refractivity contribution >= 4 is 40.9 Å². The van der Waals surface area contributed by atoms with Gasteiger partial charge in [-0.05, 0) is 24.6 Å². The summed E-state index contributed by atoms with van der Waals surface area (Å²) in [5.41, 5.74) is 7.47. The minimum Gasteiger partial charge on any atom is -0.397 e. The van der Waals surface area contributed by atoms with E-state index in [-0.39, 0.29) is 36.2 Å². The Kier molecular flexibility index (Phi) is 5.28. The minimum atomic E-state index is -1.10. The maximum atomic E-state index is 13.1. The topological polar surface area (TPSA) is 182 Å². The highest BCUT2D eigenvalue weighted by molar-refractivity contribution is 6.26. The first-order valence-corrected chi connectivity index (χ1v) is 10.6. The van der Waals surface area contributed by atoms with E-state index in [2.05, 4.69) is 25.9 Å². The van der Waals surface area contributed by atoms with Gasteiger partial charge in [0.15, 0.2) is 0 Å². The summed E-state index contributed by atoms with van der Waals surface area (Å²) in [7, 11) is 0. The van der Waals surface area contributed by atoms with E-state index in [1.807, 2.05) is 0 Å². The number of carbonyl (C=O) groups is 5. The number of hydrogen-bond acceptors (Lipinski definition) is 9. The molecule has 5 amide bonds. The summed E-state index contributed by atoms with van der Waals surface area (Å²) in [4.78, 5) is 67.3. The van der Waals surface area contributed by atoms with E-state index < -0.39 is 35.6 Å². The molecule has 35 heavy (non-hydrogen) atoms. The van der Waals surface area contributed by atoms with E-state index in [1.165, 1.54) is 29.1 Å². The van der Waals surface area contributed by atoms with Crippen LogP contribution in [0.2, 0.25) is 0 Å². The summed E-state index contributed by atoms with van der Waals surface area (Å²) in [5, 5.41) is 12.7. The molecule has 5 rings (SSSR count). The molecule has 13 heteroatoms. The quantitative estimate of drug-likeness (QED) is 0.427. The lowest BCUT2D eigenvalue weighted by Gasteiger charge is -2.27. The molecule has 0 bridgehead atoms. The molecule has 2 aliphatic rings. The molecule has 3 aromatic rings. The van der Waals surface area contributed by atoms with Gasteiger partial charge >= 0.3 is 0 Å². The lowest BCUT2D eigenvalue weighted by Crippen LogP contribution is -2.54. The van der Waals surface area contributed by atoms with Crippen LogP contribution >= 0.6 is 0 Å². The summed E-state index contributed by atoms with van der Waals surface area (Å²) in [6.07, 6.45) is 4.65. The molecule has 0 aliphatic carbocycles. The number of piperidine rings is 1. The van der Waals surface area contributed by atoms with Crippen molar-refractivity contribution in [1.29, 1.82) is 0 Å². The van der Waals surface area contributed by atoms with Gasteiger partial charge in [-0.1, -0.05) is 11.3 Å². The van der Waals surface area contributed by atoms with E-state index in [1.54, 1.807) is 18.5 Å². The lowest BCUT2D eigenvalue weighted by molar-refractivity contribution is -0.136. The van der Waals surface area contributed by atoms with Gasteiger partial charge in [-0.3, -0.25) is 39.2 Å². The van der Waals surface area contributed by atoms with Crippen LogP contribution in [0.15, 0.2) is 42.9 Å². The first-order valence-electron chi connectivity index (χ1n) is 10.6. The van der Waals surface area contributed by atoms with Crippen molar-refractivity contribution in [2.24, 2.45) is 0 Å². The number of aromatic nitrogens is 4. The minimum absolute atomic E-state index is 0.0128. The van der Waals surface area contributed by atoms with Gasteiger partial charge in [0, 0.05) is 24.4 Å². The Hall–Kier alpha value is -4.94. The monoisotopic (exact) mass is 474 g/mol. The fraction of sp³-hybridized carbons (Fsp3) is 0.182. The highest BCUT2D eigenvalue weighted by Gasteiger charge is 2.45. The van der Waals surface area contributed by atoms with Crippen LogP contribution in [0, 0.1) is 0 Å². The number of nitrogen functional groups attached to an aromatic ring is 1. The second kappa shape index (κ2) is 8.44. The normalized spacial score (nSPS) is 17.4. The summed E-state index contributed by atoms with van der Waals surface area (Å²) in [6, 6.07) is 5.03. The van der Waals surface area contributed by atoms with Crippen LogP contribution in [0.1, 0.15) is 33.6 Å². The Bertz CT molecular complexity index is 1410. The van der Waals surface area contributed by atoms with Crippen LogP contribution in [-0.4, -0.2) is 60.5 Å². The first kappa shape index (κ1) is 21.9. The number of benzene rings is 1. The molecule has 0 spiro atoms. The molecule has 1 aromatic carbocycles. The smallest absolute Gasteiger partial charge is 0.264 e. The van der Waals surface area contributed by atoms with Crippen molar-refractivity contribution in [2.75, 3.05) is 11.1 Å². The predicted octanol–water partition coefficient (Wildman–Crippen LogP) is -0.0378. The number of nitrogens with one attached hydrogen (secondary N) is 2. The van der Waals surface area contributed by atoms with Crippen molar-refractivity contribution in [3.8, 4) is 11.3 Å². The van der Waals surface area contributed by atoms with E-state index in [4.69, 9.17) is 5.73 Å². The fourth-order valence-corrected chi connectivity index (χ4v) is 4.06. The van der Waals surface area contributed by atoms with Gasteiger partial charge in [0.2, 0.25) is 17.7 Å². The van der Waals surface area contributed by atoms with Crippen molar-refractivity contribution in [3.63, 3.8) is 0 Å². The number of pyridine rings is 1. The Morgan fingerprint density at radius 2 is 2.00 bits per heavy atom. The van der Waals surface area contributed by atoms with Gasteiger partial charge in [0.1, 0.15) is 18.3 Å². The molecule has 1 saturated heterocycles. The molecule has 2 aromatic heterocycles. The highest BCUT2D eigenvalue weighted by Crippen LogP contribution is 2.32. The standard InChI is InChI=1S/C22H18N8O5/c23-12-6-11(7-24-8-12)15-9-29(28-27-15)10-18(32)25-14-3-1-2-13-19(14)22(35)30(21(13)34)16-4-5-17(31)26-20(16)33/h1-3,6-9,16H,4-5,10,23H2,(H,25,32)(H,26,31,33). The zero-order valence-corrected chi connectivity index (χ0v) is 18.1. The molecule has 13 nitrogen and oxygen atoms in total. The predicted molar refractivity (Wildman–Crippen MR) is 119 cm³/mol. The van der Waals surface area contributed by atoms with Crippen molar-refractivity contribution in [3.05, 3.63) is 54.0 Å². The summed E-state index contributed by atoms with van der Waals surface area (Å²) in [6.45, 7) is -0.217. The van der Waals surface area contributed by atoms with Crippen LogP contribution in [-0.2, 0) is 20.9 Å². The molecule has 4 heterocycles. The van der Waals surface area contributed by atoms with Crippen LogP contribution in [0.5, 0.6) is 0 Å². The average Bonchev–Trinajstić information content (AvgIpc) is 3.37. The average molecular weight is 474 g/mol. The fourth-order valence-electron chi connectivity index (χ4n) is 4.06. The molecule has 0 radical (unpaired) electrons. The Morgan fingerprint density at radius 1 is 1.17 bits per heavy atom. The maximum Gasteiger partial charge on any atom is 0.264 e. The van der Waals surface area contributed by atoms with Crippen molar-refractivity contribution in [2.45, 2.75) is 25.4 Å². The van der Waals surface area contributed by atoms with Crippen LogP contribution in [0.25, 0.3) is 11.3 Å². The summed E-state index contributed by atoms with van der Waals surface area (Å²) < 4.78 is 1.31.